The molecule has 1 N–H and O–H groups in total. The molecule has 0 unspecified atom stereocenters. The van der Waals surface area contributed by atoms with Crippen LogP contribution >= 0.6 is 0 Å². The highest BCUT2D eigenvalue weighted by molar-refractivity contribution is 5.91. The van der Waals surface area contributed by atoms with Crippen LogP contribution in [0.3, 0.4) is 0 Å². The van der Waals surface area contributed by atoms with Crippen LogP contribution in [-0.4, -0.2) is 27.0 Å². The maximum absolute atomic E-state index is 11.2. The van der Waals surface area contributed by atoms with E-state index in [4.69, 9.17) is 4.74 Å². The van der Waals surface area contributed by atoms with Crippen molar-refractivity contribution in [1.29, 1.82) is 0 Å². The Hall–Kier alpha value is -1.52. The first-order chi connectivity index (χ1) is 8.59. The van der Waals surface area contributed by atoms with Crippen LogP contribution in [0.2, 0.25) is 0 Å². The molecule has 5 heteroatoms. The SMILES string of the molecule is Cc1nn(C)c(OC2CCCCCC2)c1C(=O)O. The predicted octanol–water partition coefficient (Wildman–Crippen LogP) is 2.53. The molecule has 5 nitrogen and oxygen atoms in total. The lowest BCUT2D eigenvalue weighted by Crippen LogP contribution is -2.18. The smallest absolute Gasteiger partial charge is 0.343 e. The van der Waals surface area contributed by atoms with Gasteiger partial charge in [0.1, 0.15) is 11.7 Å². The number of aryl methyl sites for hydroxylation is 2. The van der Waals surface area contributed by atoms with Crippen LogP contribution in [0, 0.1) is 6.92 Å². The van der Waals surface area contributed by atoms with Crippen molar-refractivity contribution < 1.29 is 14.6 Å². The Morgan fingerprint density at radius 2 is 1.94 bits per heavy atom. The molecule has 1 aromatic rings. The summed E-state index contributed by atoms with van der Waals surface area (Å²) in [6.07, 6.45) is 6.94. The number of aromatic nitrogens is 2. The first-order valence-corrected chi connectivity index (χ1v) is 6.53. The van der Waals surface area contributed by atoms with Crippen molar-refractivity contribution in [2.24, 2.45) is 7.05 Å². The van der Waals surface area contributed by atoms with Crippen LogP contribution in [0.4, 0.5) is 0 Å². The van der Waals surface area contributed by atoms with E-state index in [9.17, 15) is 9.90 Å². The molecule has 18 heavy (non-hydrogen) atoms. The van der Waals surface area contributed by atoms with Crippen molar-refractivity contribution in [2.45, 2.75) is 51.6 Å². The molecule has 0 radical (unpaired) electrons. The zero-order valence-corrected chi connectivity index (χ0v) is 11.0. The first-order valence-electron chi connectivity index (χ1n) is 6.53. The molecule has 1 aliphatic rings. The lowest BCUT2D eigenvalue weighted by Gasteiger charge is -2.17. The number of nitrogens with zero attached hydrogens (tertiary/aromatic N) is 2. The Bertz CT molecular complexity index is 432. The average Bonchev–Trinajstić information content (AvgIpc) is 2.51. The third-order valence-corrected chi connectivity index (χ3v) is 3.46. The monoisotopic (exact) mass is 252 g/mol. The number of aromatic carboxylic acids is 1. The van der Waals surface area contributed by atoms with Crippen LogP contribution in [0.25, 0.3) is 0 Å². The fraction of sp³-hybridized carbons (Fsp3) is 0.692. The quantitative estimate of drug-likeness (QED) is 0.839. The molecular formula is C13H20N2O3. The fourth-order valence-electron chi connectivity index (χ4n) is 2.54. The summed E-state index contributed by atoms with van der Waals surface area (Å²) in [5.74, 6) is -0.573. The van der Waals surface area contributed by atoms with E-state index in [1.54, 1.807) is 14.0 Å². The van der Waals surface area contributed by atoms with E-state index in [0.717, 1.165) is 25.7 Å². The summed E-state index contributed by atoms with van der Waals surface area (Å²) >= 11 is 0. The predicted molar refractivity (Wildman–Crippen MR) is 67.0 cm³/mol. The third-order valence-electron chi connectivity index (χ3n) is 3.46. The van der Waals surface area contributed by atoms with Gasteiger partial charge in [-0.15, -0.1) is 0 Å². The Morgan fingerprint density at radius 3 is 2.50 bits per heavy atom. The lowest BCUT2D eigenvalue weighted by molar-refractivity contribution is 0.0685. The molecule has 1 fully saturated rings. The Morgan fingerprint density at radius 1 is 1.33 bits per heavy atom. The van der Waals surface area contributed by atoms with E-state index in [1.165, 1.54) is 17.5 Å². The van der Waals surface area contributed by atoms with Gasteiger partial charge >= 0.3 is 5.97 Å². The topological polar surface area (TPSA) is 64.4 Å². The lowest BCUT2D eigenvalue weighted by atomic mass is 10.1. The molecule has 0 spiro atoms. The number of hydrogen-bond acceptors (Lipinski definition) is 3. The Balaban J connectivity index is 2.19. The van der Waals surface area contributed by atoms with Crippen LogP contribution in [0.1, 0.15) is 54.6 Å². The number of carboxylic acids is 1. The normalized spacial score (nSPS) is 17.4. The van der Waals surface area contributed by atoms with E-state index in [0.29, 0.717) is 11.6 Å². The van der Waals surface area contributed by atoms with E-state index in [2.05, 4.69) is 5.10 Å². The molecule has 0 bridgehead atoms. The summed E-state index contributed by atoms with van der Waals surface area (Å²) < 4.78 is 7.43. The van der Waals surface area contributed by atoms with Gasteiger partial charge in [0.2, 0.25) is 5.88 Å². The third kappa shape index (κ3) is 2.66. The van der Waals surface area contributed by atoms with Gasteiger partial charge in [-0.3, -0.25) is 0 Å². The van der Waals surface area contributed by atoms with Crippen molar-refractivity contribution in [3.05, 3.63) is 11.3 Å². The molecule has 0 aliphatic heterocycles. The molecule has 0 saturated heterocycles. The van der Waals surface area contributed by atoms with Crippen molar-refractivity contribution in [3.8, 4) is 5.88 Å². The summed E-state index contributed by atoms with van der Waals surface area (Å²) in [4.78, 5) is 11.2. The van der Waals surface area contributed by atoms with Gasteiger partial charge in [0, 0.05) is 7.05 Å². The summed E-state index contributed by atoms with van der Waals surface area (Å²) in [6, 6.07) is 0. The molecular weight excluding hydrogens is 232 g/mol. The maximum atomic E-state index is 11.2. The zero-order valence-electron chi connectivity index (χ0n) is 11.0. The summed E-state index contributed by atoms with van der Waals surface area (Å²) in [5, 5.41) is 13.3. The summed E-state index contributed by atoms with van der Waals surface area (Å²) in [7, 11) is 1.73. The molecule has 2 rings (SSSR count). The Kier molecular flexibility index (Phi) is 3.89. The van der Waals surface area contributed by atoms with Crippen LogP contribution < -0.4 is 4.74 Å². The molecule has 0 atom stereocenters. The number of rotatable bonds is 3. The summed E-state index contributed by atoms with van der Waals surface area (Å²) in [5.41, 5.74) is 0.704. The minimum absolute atomic E-state index is 0.125. The van der Waals surface area contributed by atoms with Gasteiger partial charge in [0.15, 0.2) is 0 Å². The van der Waals surface area contributed by atoms with E-state index in [1.807, 2.05) is 0 Å². The van der Waals surface area contributed by atoms with Gasteiger partial charge in [0.25, 0.3) is 0 Å². The largest absolute Gasteiger partial charge is 0.477 e. The minimum Gasteiger partial charge on any atom is -0.477 e. The average molecular weight is 252 g/mol. The van der Waals surface area contributed by atoms with Gasteiger partial charge in [-0.1, -0.05) is 12.8 Å². The van der Waals surface area contributed by atoms with Gasteiger partial charge in [-0.2, -0.15) is 5.10 Å². The van der Waals surface area contributed by atoms with Crippen molar-refractivity contribution in [2.75, 3.05) is 0 Å². The highest BCUT2D eigenvalue weighted by Gasteiger charge is 2.24. The second-order valence-electron chi connectivity index (χ2n) is 4.93. The molecule has 0 amide bonds. The van der Waals surface area contributed by atoms with Crippen molar-refractivity contribution in [1.82, 2.24) is 9.78 Å². The van der Waals surface area contributed by atoms with Crippen LogP contribution in [-0.2, 0) is 7.05 Å². The van der Waals surface area contributed by atoms with Gasteiger partial charge in [-0.25, -0.2) is 9.48 Å². The number of carboxylic acid groups (broad SMARTS) is 1. The molecule has 100 valence electrons. The number of ether oxygens (including phenoxy) is 1. The van der Waals surface area contributed by atoms with Crippen molar-refractivity contribution >= 4 is 5.97 Å². The molecule has 1 aliphatic carbocycles. The molecule has 1 aromatic heterocycles. The summed E-state index contributed by atoms with van der Waals surface area (Å²) in [6.45, 7) is 1.70. The standard InChI is InChI=1S/C13H20N2O3/c1-9-11(13(16)17)12(15(2)14-9)18-10-7-5-3-4-6-8-10/h10H,3-8H2,1-2H3,(H,16,17). The number of carbonyl (C=O) groups is 1. The highest BCUT2D eigenvalue weighted by atomic mass is 16.5. The zero-order chi connectivity index (χ0) is 13.1. The molecule has 0 aromatic carbocycles. The Labute approximate surface area is 107 Å². The van der Waals surface area contributed by atoms with Crippen LogP contribution in [0.15, 0.2) is 0 Å². The number of hydrogen-bond donors (Lipinski definition) is 1. The van der Waals surface area contributed by atoms with E-state index in [-0.39, 0.29) is 11.7 Å². The van der Waals surface area contributed by atoms with Crippen molar-refractivity contribution in [3.63, 3.8) is 0 Å². The van der Waals surface area contributed by atoms with E-state index < -0.39 is 5.97 Å². The minimum atomic E-state index is -0.968. The second kappa shape index (κ2) is 5.42. The first kappa shape index (κ1) is 12.9. The van der Waals surface area contributed by atoms with Crippen LogP contribution in [0.5, 0.6) is 5.88 Å². The van der Waals surface area contributed by atoms with Gasteiger partial charge < -0.3 is 9.84 Å². The second-order valence-corrected chi connectivity index (χ2v) is 4.93. The highest BCUT2D eigenvalue weighted by Crippen LogP contribution is 2.26. The fourth-order valence-corrected chi connectivity index (χ4v) is 2.54. The molecule has 1 heterocycles. The van der Waals surface area contributed by atoms with E-state index >= 15 is 0 Å². The maximum Gasteiger partial charge on any atom is 0.343 e. The van der Waals surface area contributed by atoms with Gasteiger partial charge in [-0.05, 0) is 32.6 Å². The van der Waals surface area contributed by atoms with Gasteiger partial charge in [0.05, 0.1) is 5.69 Å². The molecule has 1 saturated carbocycles.